The summed E-state index contributed by atoms with van der Waals surface area (Å²) in [6, 6.07) is 5.98. The van der Waals surface area contributed by atoms with Crippen molar-refractivity contribution in [2.24, 2.45) is 0 Å². The van der Waals surface area contributed by atoms with Crippen molar-refractivity contribution in [2.45, 2.75) is 18.2 Å². The van der Waals surface area contributed by atoms with E-state index in [-0.39, 0.29) is 12.4 Å². The van der Waals surface area contributed by atoms with Crippen molar-refractivity contribution < 1.29 is 27.4 Å². The average Bonchev–Trinajstić information content (AvgIpc) is 2.36. The molecule has 0 saturated heterocycles. The van der Waals surface area contributed by atoms with Gasteiger partial charge < -0.3 is 9.47 Å². The number of carbonyl (C=O) groups is 1. The van der Waals surface area contributed by atoms with Gasteiger partial charge in [0, 0.05) is 5.56 Å². The van der Waals surface area contributed by atoms with Gasteiger partial charge >= 0.3 is 17.2 Å². The molecule has 0 saturated carbocycles. The summed E-state index contributed by atoms with van der Waals surface area (Å²) < 4.78 is 48.9. The molecule has 0 bridgehead atoms. The van der Waals surface area contributed by atoms with E-state index in [1.165, 1.54) is 25.1 Å². The van der Waals surface area contributed by atoms with E-state index in [4.69, 9.17) is 16.3 Å². The standard InChI is InChI=1S/C13H10ClF3O3/c1-2-19-11(18)9-7-8-5-3-4-6-10(8)20-12(9,14)13(15,16)17/h3-7H,2H2,1H3. The lowest BCUT2D eigenvalue weighted by Gasteiger charge is -2.34. The molecule has 2 rings (SSSR count). The summed E-state index contributed by atoms with van der Waals surface area (Å²) in [7, 11) is 0. The van der Waals surface area contributed by atoms with Crippen LogP contribution in [0.4, 0.5) is 13.2 Å². The van der Waals surface area contributed by atoms with E-state index in [0.717, 1.165) is 6.08 Å². The number of ether oxygens (including phenoxy) is 2. The molecule has 1 aromatic carbocycles. The molecule has 0 spiro atoms. The Morgan fingerprint density at radius 1 is 1.40 bits per heavy atom. The van der Waals surface area contributed by atoms with Crippen molar-refractivity contribution in [1.29, 1.82) is 0 Å². The molecule has 108 valence electrons. The number of rotatable bonds is 2. The van der Waals surface area contributed by atoms with Gasteiger partial charge in [-0.2, -0.15) is 13.2 Å². The third kappa shape index (κ3) is 2.35. The molecule has 1 atom stereocenters. The quantitative estimate of drug-likeness (QED) is 0.619. The molecular formula is C13H10ClF3O3. The number of halogens is 4. The fourth-order valence-electron chi connectivity index (χ4n) is 1.76. The highest BCUT2D eigenvalue weighted by atomic mass is 35.5. The Balaban J connectivity index is 2.56. The van der Waals surface area contributed by atoms with Crippen LogP contribution in [0.15, 0.2) is 29.8 Å². The minimum absolute atomic E-state index is 0.0483. The molecule has 1 unspecified atom stereocenters. The van der Waals surface area contributed by atoms with Crippen LogP contribution in [-0.4, -0.2) is 23.8 Å². The summed E-state index contributed by atoms with van der Waals surface area (Å²) in [4.78, 5) is 11.7. The number of carbonyl (C=O) groups excluding carboxylic acids is 1. The molecule has 1 aromatic rings. The molecule has 7 heteroatoms. The Labute approximate surface area is 117 Å². The number of para-hydroxylation sites is 1. The third-order valence-corrected chi connectivity index (χ3v) is 3.17. The molecular weight excluding hydrogens is 297 g/mol. The summed E-state index contributed by atoms with van der Waals surface area (Å²) in [5.74, 6) is -1.21. The maximum atomic E-state index is 13.2. The summed E-state index contributed by atoms with van der Waals surface area (Å²) in [5, 5.41) is -3.24. The second kappa shape index (κ2) is 5.01. The van der Waals surface area contributed by atoms with E-state index >= 15 is 0 Å². The van der Waals surface area contributed by atoms with Crippen molar-refractivity contribution in [2.75, 3.05) is 6.61 Å². The van der Waals surface area contributed by atoms with Crippen LogP contribution in [0.3, 0.4) is 0 Å². The van der Waals surface area contributed by atoms with Crippen molar-refractivity contribution in [3.05, 3.63) is 35.4 Å². The maximum Gasteiger partial charge on any atom is 0.448 e. The van der Waals surface area contributed by atoms with Gasteiger partial charge in [0.1, 0.15) is 11.3 Å². The van der Waals surface area contributed by atoms with Gasteiger partial charge in [-0.25, -0.2) is 4.79 Å². The summed E-state index contributed by atoms with van der Waals surface area (Å²) in [6.45, 7) is 1.42. The Morgan fingerprint density at radius 2 is 2.05 bits per heavy atom. The Bertz CT molecular complexity index is 568. The zero-order valence-electron chi connectivity index (χ0n) is 10.3. The van der Waals surface area contributed by atoms with Crippen LogP contribution in [0.25, 0.3) is 6.08 Å². The number of alkyl halides is 4. The molecule has 0 N–H and O–H groups in total. The van der Waals surface area contributed by atoms with E-state index in [1.54, 1.807) is 6.07 Å². The molecule has 3 nitrogen and oxygen atoms in total. The normalized spacial score (nSPS) is 21.6. The summed E-state index contributed by atoms with van der Waals surface area (Å²) in [5.41, 5.74) is -0.455. The topological polar surface area (TPSA) is 35.5 Å². The molecule has 1 heterocycles. The van der Waals surface area contributed by atoms with Crippen LogP contribution in [0.1, 0.15) is 12.5 Å². The number of hydrogen-bond acceptors (Lipinski definition) is 3. The van der Waals surface area contributed by atoms with Crippen molar-refractivity contribution in [1.82, 2.24) is 0 Å². The van der Waals surface area contributed by atoms with Gasteiger partial charge in [-0.3, -0.25) is 0 Å². The van der Waals surface area contributed by atoms with Crippen LogP contribution >= 0.6 is 11.6 Å². The van der Waals surface area contributed by atoms with E-state index in [0.29, 0.717) is 5.56 Å². The summed E-state index contributed by atoms with van der Waals surface area (Å²) in [6.07, 6.45) is -3.93. The van der Waals surface area contributed by atoms with E-state index < -0.39 is 22.8 Å². The number of benzene rings is 1. The first-order valence-electron chi connectivity index (χ1n) is 5.72. The third-order valence-electron chi connectivity index (χ3n) is 2.68. The second-order valence-electron chi connectivity index (χ2n) is 4.01. The first-order valence-corrected chi connectivity index (χ1v) is 6.10. The predicted octanol–water partition coefficient (Wildman–Crippen LogP) is 3.52. The van der Waals surface area contributed by atoms with Crippen LogP contribution < -0.4 is 4.74 Å². The van der Waals surface area contributed by atoms with E-state index in [1.807, 2.05) is 0 Å². The Hall–Kier alpha value is -1.69. The van der Waals surface area contributed by atoms with Gasteiger partial charge in [-0.1, -0.05) is 29.8 Å². The lowest BCUT2D eigenvalue weighted by Crippen LogP contribution is -2.50. The maximum absolute atomic E-state index is 13.2. The first-order chi connectivity index (χ1) is 9.29. The van der Waals surface area contributed by atoms with Crippen LogP contribution in [0.2, 0.25) is 0 Å². The average molecular weight is 307 g/mol. The molecule has 1 aliphatic rings. The van der Waals surface area contributed by atoms with Crippen molar-refractivity contribution in [3.63, 3.8) is 0 Å². The molecule has 0 fully saturated rings. The number of hydrogen-bond donors (Lipinski definition) is 0. The van der Waals surface area contributed by atoms with Crippen molar-refractivity contribution >= 4 is 23.6 Å². The Kier molecular flexibility index (Phi) is 3.69. The predicted molar refractivity (Wildman–Crippen MR) is 66.3 cm³/mol. The SMILES string of the molecule is CCOC(=O)C1=Cc2ccccc2OC1(Cl)C(F)(F)F. The zero-order chi connectivity index (χ0) is 15.0. The van der Waals surface area contributed by atoms with Gasteiger partial charge in [-0.05, 0) is 19.1 Å². The highest BCUT2D eigenvalue weighted by molar-refractivity contribution is 6.29. The molecule has 1 aliphatic heterocycles. The number of esters is 1. The smallest absolute Gasteiger partial charge is 0.448 e. The fourth-order valence-corrected chi connectivity index (χ4v) is 1.97. The van der Waals surface area contributed by atoms with Gasteiger partial charge in [0.2, 0.25) is 0 Å². The van der Waals surface area contributed by atoms with Gasteiger partial charge in [0.25, 0.3) is 0 Å². The number of fused-ring (bicyclic) bond motifs is 1. The monoisotopic (exact) mass is 306 g/mol. The van der Waals surface area contributed by atoms with E-state index in [2.05, 4.69) is 4.74 Å². The molecule has 0 radical (unpaired) electrons. The molecule has 0 aromatic heterocycles. The summed E-state index contributed by atoms with van der Waals surface area (Å²) >= 11 is 5.56. The first kappa shape index (κ1) is 14.7. The van der Waals surface area contributed by atoms with Crippen LogP contribution in [-0.2, 0) is 9.53 Å². The van der Waals surface area contributed by atoms with E-state index in [9.17, 15) is 18.0 Å². The van der Waals surface area contributed by atoms with Gasteiger partial charge in [0.15, 0.2) is 0 Å². The second-order valence-corrected chi connectivity index (χ2v) is 4.54. The van der Waals surface area contributed by atoms with Gasteiger partial charge in [-0.15, -0.1) is 0 Å². The Morgan fingerprint density at radius 3 is 2.65 bits per heavy atom. The highest BCUT2D eigenvalue weighted by Gasteiger charge is 2.62. The molecule has 0 amide bonds. The van der Waals surface area contributed by atoms with Crippen LogP contribution in [0, 0.1) is 0 Å². The lowest BCUT2D eigenvalue weighted by molar-refractivity contribution is -0.204. The fraction of sp³-hybridized carbons (Fsp3) is 0.308. The molecule has 0 aliphatic carbocycles. The molecule has 20 heavy (non-hydrogen) atoms. The van der Waals surface area contributed by atoms with Crippen molar-refractivity contribution in [3.8, 4) is 5.75 Å². The largest absolute Gasteiger partial charge is 0.462 e. The van der Waals surface area contributed by atoms with Gasteiger partial charge in [0.05, 0.1) is 6.61 Å². The highest BCUT2D eigenvalue weighted by Crippen LogP contribution is 2.48. The zero-order valence-corrected chi connectivity index (χ0v) is 11.1. The lowest BCUT2D eigenvalue weighted by atomic mass is 10.0. The minimum atomic E-state index is -4.97. The minimum Gasteiger partial charge on any atom is -0.462 e. The van der Waals surface area contributed by atoms with Crippen LogP contribution in [0.5, 0.6) is 5.75 Å².